The van der Waals surface area contributed by atoms with Crippen LogP contribution >= 0.6 is 0 Å². The predicted octanol–water partition coefficient (Wildman–Crippen LogP) is 1.29. The maximum absolute atomic E-state index is 10.2. The summed E-state index contributed by atoms with van der Waals surface area (Å²) >= 11 is 0. The predicted molar refractivity (Wildman–Crippen MR) is 47.1 cm³/mol. The molecular formula is C9H7NO4. The van der Waals surface area contributed by atoms with Crippen molar-refractivity contribution < 1.29 is 19.2 Å². The van der Waals surface area contributed by atoms with Crippen molar-refractivity contribution in [2.75, 3.05) is 6.61 Å². The molecule has 0 aliphatic heterocycles. The molecule has 1 aromatic carbocycles. The van der Waals surface area contributed by atoms with Crippen molar-refractivity contribution in [3.05, 3.63) is 24.4 Å². The highest BCUT2D eigenvalue weighted by atomic mass is 16.5. The van der Waals surface area contributed by atoms with Gasteiger partial charge >= 0.3 is 5.97 Å². The summed E-state index contributed by atoms with van der Waals surface area (Å²) in [5.41, 5.74) is 0.577. The molecule has 0 aliphatic rings. The molecule has 0 saturated carbocycles. The van der Waals surface area contributed by atoms with Crippen LogP contribution in [0.1, 0.15) is 0 Å². The van der Waals surface area contributed by atoms with Gasteiger partial charge < -0.3 is 14.4 Å². The van der Waals surface area contributed by atoms with E-state index in [0.717, 1.165) is 5.39 Å². The number of benzene rings is 1. The zero-order valence-corrected chi connectivity index (χ0v) is 7.14. The van der Waals surface area contributed by atoms with Crippen LogP contribution in [0, 0.1) is 0 Å². The monoisotopic (exact) mass is 193 g/mol. The molecule has 14 heavy (non-hydrogen) atoms. The van der Waals surface area contributed by atoms with Gasteiger partial charge in [-0.3, -0.25) is 0 Å². The Morgan fingerprint density at radius 3 is 3.21 bits per heavy atom. The van der Waals surface area contributed by atoms with E-state index >= 15 is 0 Å². The molecule has 72 valence electrons. The molecule has 0 radical (unpaired) electrons. The van der Waals surface area contributed by atoms with Gasteiger partial charge in [-0.2, -0.15) is 0 Å². The molecule has 2 rings (SSSR count). The number of nitrogens with zero attached hydrogens (tertiary/aromatic N) is 1. The first-order valence-corrected chi connectivity index (χ1v) is 3.95. The second-order valence-electron chi connectivity index (χ2n) is 2.71. The second kappa shape index (κ2) is 3.37. The van der Waals surface area contributed by atoms with Crippen LogP contribution in [0.25, 0.3) is 11.0 Å². The Balaban J connectivity index is 2.21. The molecule has 0 spiro atoms. The van der Waals surface area contributed by atoms with E-state index in [2.05, 4.69) is 5.16 Å². The zero-order chi connectivity index (χ0) is 9.97. The fourth-order valence-corrected chi connectivity index (χ4v) is 1.08. The fourth-order valence-electron chi connectivity index (χ4n) is 1.08. The third-order valence-corrected chi connectivity index (χ3v) is 1.69. The van der Waals surface area contributed by atoms with Gasteiger partial charge in [0, 0.05) is 11.5 Å². The van der Waals surface area contributed by atoms with E-state index in [4.69, 9.17) is 14.4 Å². The molecule has 0 aliphatic carbocycles. The summed E-state index contributed by atoms with van der Waals surface area (Å²) in [7, 11) is 0. The number of ether oxygens (including phenoxy) is 1. The van der Waals surface area contributed by atoms with Gasteiger partial charge in [0.15, 0.2) is 12.2 Å². The molecule has 5 nitrogen and oxygen atoms in total. The molecule has 0 saturated heterocycles. The van der Waals surface area contributed by atoms with Crippen LogP contribution < -0.4 is 4.74 Å². The first kappa shape index (κ1) is 8.55. The van der Waals surface area contributed by atoms with Crippen LogP contribution in [0.2, 0.25) is 0 Å². The molecule has 0 atom stereocenters. The minimum absolute atomic E-state index is 0.361. The van der Waals surface area contributed by atoms with Gasteiger partial charge in [-0.15, -0.1) is 0 Å². The highest BCUT2D eigenvalue weighted by Crippen LogP contribution is 2.19. The fraction of sp³-hybridized carbons (Fsp3) is 0.111. The number of rotatable bonds is 3. The van der Waals surface area contributed by atoms with Crippen LogP contribution in [0.15, 0.2) is 28.9 Å². The normalized spacial score (nSPS) is 10.3. The van der Waals surface area contributed by atoms with Crippen molar-refractivity contribution in [1.82, 2.24) is 5.16 Å². The van der Waals surface area contributed by atoms with Gasteiger partial charge in [-0.1, -0.05) is 5.16 Å². The summed E-state index contributed by atoms with van der Waals surface area (Å²) in [5.74, 6) is -0.556. The van der Waals surface area contributed by atoms with Gasteiger partial charge in [0.25, 0.3) is 0 Å². The minimum Gasteiger partial charge on any atom is -0.482 e. The Labute approximate surface area is 78.9 Å². The third-order valence-electron chi connectivity index (χ3n) is 1.69. The van der Waals surface area contributed by atoms with Gasteiger partial charge in [0.05, 0.1) is 6.20 Å². The number of carbonyl (C=O) groups is 1. The number of carboxylic acids is 1. The van der Waals surface area contributed by atoms with Crippen molar-refractivity contribution >= 4 is 16.9 Å². The van der Waals surface area contributed by atoms with E-state index in [-0.39, 0.29) is 6.61 Å². The van der Waals surface area contributed by atoms with Crippen LogP contribution in [0.4, 0.5) is 0 Å². The lowest BCUT2D eigenvalue weighted by Crippen LogP contribution is -2.09. The Bertz CT molecular complexity index is 463. The van der Waals surface area contributed by atoms with E-state index in [1.807, 2.05) is 0 Å². The van der Waals surface area contributed by atoms with E-state index in [1.54, 1.807) is 24.4 Å². The summed E-state index contributed by atoms with van der Waals surface area (Å²) in [4.78, 5) is 10.2. The van der Waals surface area contributed by atoms with Crippen molar-refractivity contribution in [3.8, 4) is 5.75 Å². The number of hydrogen-bond acceptors (Lipinski definition) is 4. The van der Waals surface area contributed by atoms with Gasteiger partial charge in [-0.05, 0) is 12.1 Å². The summed E-state index contributed by atoms with van der Waals surface area (Å²) in [6.45, 7) is -0.361. The molecule has 2 aromatic rings. The molecule has 0 bridgehead atoms. The van der Waals surface area contributed by atoms with Gasteiger partial charge in [0.1, 0.15) is 5.75 Å². The Morgan fingerprint density at radius 1 is 1.57 bits per heavy atom. The van der Waals surface area contributed by atoms with E-state index in [1.165, 1.54) is 0 Å². The summed E-state index contributed by atoms with van der Waals surface area (Å²) in [6, 6.07) is 5.02. The van der Waals surface area contributed by atoms with Crippen LogP contribution in [-0.2, 0) is 4.79 Å². The maximum Gasteiger partial charge on any atom is 0.341 e. The first-order valence-electron chi connectivity index (χ1n) is 3.95. The maximum atomic E-state index is 10.2. The molecule has 1 N–H and O–H groups in total. The standard InChI is InChI=1S/C9H7NO4/c11-9(12)5-13-7-2-1-6-4-10-14-8(6)3-7/h1-4H,5H2,(H,11,12). The highest BCUT2D eigenvalue weighted by Gasteiger charge is 2.02. The SMILES string of the molecule is O=C(O)COc1ccc2cnoc2c1. The highest BCUT2D eigenvalue weighted by molar-refractivity contribution is 5.77. The number of hydrogen-bond donors (Lipinski definition) is 1. The number of fused-ring (bicyclic) bond motifs is 1. The lowest BCUT2D eigenvalue weighted by atomic mass is 10.2. The largest absolute Gasteiger partial charge is 0.482 e. The molecule has 5 heteroatoms. The third kappa shape index (κ3) is 1.66. The topological polar surface area (TPSA) is 72.6 Å². The molecule has 0 fully saturated rings. The summed E-state index contributed by atoms with van der Waals surface area (Å²) in [5, 5.41) is 12.8. The van der Waals surface area contributed by atoms with Gasteiger partial charge in [0.2, 0.25) is 0 Å². The van der Waals surface area contributed by atoms with Crippen molar-refractivity contribution in [2.45, 2.75) is 0 Å². The quantitative estimate of drug-likeness (QED) is 0.795. The van der Waals surface area contributed by atoms with E-state index in [9.17, 15) is 4.79 Å². The number of aliphatic carboxylic acids is 1. The Morgan fingerprint density at radius 2 is 2.43 bits per heavy atom. The minimum atomic E-state index is -1.01. The van der Waals surface area contributed by atoms with Crippen LogP contribution in [0.3, 0.4) is 0 Å². The Hall–Kier alpha value is -2.04. The Kier molecular flexibility index (Phi) is 2.06. The van der Waals surface area contributed by atoms with Crippen LogP contribution in [-0.4, -0.2) is 22.8 Å². The van der Waals surface area contributed by atoms with Crippen LogP contribution in [0.5, 0.6) is 5.75 Å². The molecule has 1 heterocycles. The average Bonchev–Trinajstić information content (AvgIpc) is 2.61. The smallest absolute Gasteiger partial charge is 0.341 e. The molecular weight excluding hydrogens is 186 g/mol. The summed E-state index contributed by atoms with van der Waals surface area (Å²) in [6.07, 6.45) is 1.58. The second-order valence-corrected chi connectivity index (χ2v) is 2.71. The lowest BCUT2D eigenvalue weighted by molar-refractivity contribution is -0.139. The van der Waals surface area contributed by atoms with Gasteiger partial charge in [-0.25, -0.2) is 4.79 Å². The molecule has 0 unspecified atom stereocenters. The van der Waals surface area contributed by atoms with Crippen molar-refractivity contribution in [2.24, 2.45) is 0 Å². The average molecular weight is 193 g/mol. The first-order chi connectivity index (χ1) is 6.75. The number of carboxylic acid groups (broad SMARTS) is 1. The zero-order valence-electron chi connectivity index (χ0n) is 7.14. The lowest BCUT2D eigenvalue weighted by Gasteiger charge is -2.01. The summed E-state index contributed by atoms with van der Waals surface area (Å²) < 4.78 is 9.85. The van der Waals surface area contributed by atoms with E-state index < -0.39 is 5.97 Å². The van der Waals surface area contributed by atoms with Crippen molar-refractivity contribution in [3.63, 3.8) is 0 Å². The molecule has 1 aromatic heterocycles. The van der Waals surface area contributed by atoms with E-state index in [0.29, 0.717) is 11.3 Å². The number of aromatic nitrogens is 1. The van der Waals surface area contributed by atoms with Crippen molar-refractivity contribution in [1.29, 1.82) is 0 Å². The molecule has 0 amide bonds.